The van der Waals surface area contributed by atoms with Crippen molar-refractivity contribution in [2.24, 2.45) is 0 Å². The van der Waals surface area contributed by atoms with Gasteiger partial charge >= 0.3 is 0 Å². The Bertz CT molecular complexity index is 385. The van der Waals surface area contributed by atoms with Crippen LogP contribution in [0, 0.1) is 6.92 Å². The number of benzene rings is 1. The number of halogens is 1. The highest BCUT2D eigenvalue weighted by Crippen LogP contribution is 2.21. The first-order valence-corrected chi connectivity index (χ1v) is 6.28. The Labute approximate surface area is 98.6 Å². The summed E-state index contributed by atoms with van der Waals surface area (Å²) in [6, 6.07) is 5.52. The van der Waals surface area contributed by atoms with Crippen molar-refractivity contribution in [2.45, 2.75) is 38.1 Å². The lowest BCUT2D eigenvalue weighted by molar-refractivity contribution is 0.519. The smallest absolute Gasteiger partial charge is 0.126 e. The van der Waals surface area contributed by atoms with Gasteiger partial charge in [-0.1, -0.05) is 17.7 Å². The van der Waals surface area contributed by atoms with Gasteiger partial charge in [0.05, 0.1) is 9.92 Å². The average Bonchev–Trinajstić information content (AvgIpc) is 1.99. The van der Waals surface area contributed by atoms with Crippen molar-refractivity contribution in [1.29, 1.82) is 0 Å². The highest BCUT2D eigenvalue weighted by atomic mass is 35.5. The molecule has 0 radical (unpaired) electrons. The lowest BCUT2D eigenvalue weighted by atomic mass is 10.1. The van der Waals surface area contributed by atoms with Crippen molar-refractivity contribution < 1.29 is 4.21 Å². The van der Waals surface area contributed by atoms with E-state index in [1.165, 1.54) is 0 Å². The lowest BCUT2D eigenvalue weighted by Crippen LogP contribution is -2.37. The van der Waals surface area contributed by atoms with Crippen molar-refractivity contribution in [2.75, 3.05) is 0 Å². The third-order valence-corrected chi connectivity index (χ3v) is 3.66. The molecule has 0 saturated heterocycles. The number of aryl methyl sites for hydroxylation is 1. The number of nitrogens with one attached hydrogen (secondary N) is 1. The highest BCUT2D eigenvalue weighted by Gasteiger charge is 2.16. The molecule has 0 aliphatic carbocycles. The Morgan fingerprint density at radius 1 is 1.33 bits per heavy atom. The van der Waals surface area contributed by atoms with Crippen LogP contribution in [0.5, 0.6) is 0 Å². The van der Waals surface area contributed by atoms with Crippen molar-refractivity contribution in [3.8, 4) is 0 Å². The van der Waals surface area contributed by atoms with E-state index in [-0.39, 0.29) is 5.54 Å². The van der Waals surface area contributed by atoms with Gasteiger partial charge in [0.15, 0.2) is 0 Å². The van der Waals surface area contributed by atoms with Crippen LogP contribution in [-0.4, -0.2) is 9.75 Å². The number of hydrogen-bond acceptors (Lipinski definition) is 1. The fourth-order valence-corrected chi connectivity index (χ4v) is 2.63. The first-order valence-electron chi connectivity index (χ1n) is 4.75. The molecule has 1 aromatic carbocycles. The summed E-state index contributed by atoms with van der Waals surface area (Å²) in [6.45, 7) is 7.85. The minimum absolute atomic E-state index is 0.195. The molecule has 0 aliphatic heterocycles. The molecule has 1 aromatic rings. The van der Waals surface area contributed by atoms with E-state index < -0.39 is 11.0 Å². The SMILES string of the molecule is Cc1ccc(S(=O)NC(C)(C)C)c(Cl)c1. The Hall–Kier alpha value is -0.380. The molecule has 0 amide bonds. The van der Waals surface area contributed by atoms with E-state index in [1.54, 1.807) is 6.07 Å². The largest absolute Gasteiger partial charge is 0.237 e. The minimum Gasteiger partial charge on any atom is -0.237 e. The molecule has 0 spiro atoms. The topological polar surface area (TPSA) is 29.1 Å². The summed E-state index contributed by atoms with van der Waals surface area (Å²) in [5, 5.41) is 0.546. The van der Waals surface area contributed by atoms with E-state index in [9.17, 15) is 4.21 Å². The van der Waals surface area contributed by atoms with Crippen LogP contribution >= 0.6 is 11.6 Å². The van der Waals surface area contributed by atoms with E-state index in [2.05, 4.69) is 4.72 Å². The minimum atomic E-state index is -1.25. The lowest BCUT2D eigenvalue weighted by Gasteiger charge is -2.19. The summed E-state index contributed by atoms with van der Waals surface area (Å²) >= 11 is 6.02. The van der Waals surface area contributed by atoms with E-state index >= 15 is 0 Å². The molecule has 0 fully saturated rings. The second kappa shape index (κ2) is 4.64. The standard InChI is InChI=1S/C11H16ClNOS/c1-8-5-6-10(9(12)7-8)15(14)13-11(2,3)4/h5-7,13H,1-4H3. The van der Waals surface area contributed by atoms with Crippen LogP contribution in [0.3, 0.4) is 0 Å². The fourth-order valence-electron chi connectivity index (χ4n) is 1.09. The molecule has 0 saturated carbocycles. The molecule has 1 N–H and O–H groups in total. The molecular formula is C11H16ClNOS. The third-order valence-electron chi connectivity index (χ3n) is 1.69. The molecule has 1 rings (SSSR count). The second-order valence-corrected chi connectivity index (χ2v) is 6.14. The zero-order chi connectivity index (χ0) is 11.6. The molecule has 15 heavy (non-hydrogen) atoms. The molecule has 0 heterocycles. The highest BCUT2D eigenvalue weighted by molar-refractivity contribution is 7.83. The first-order chi connectivity index (χ1) is 6.79. The third kappa shape index (κ3) is 3.93. The summed E-state index contributed by atoms with van der Waals surface area (Å²) in [5.74, 6) is 0. The molecular weight excluding hydrogens is 230 g/mol. The predicted octanol–water partition coefficient (Wildman–Crippen LogP) is 3.06. The summed E-state index contributed by atoms with van der Waals surface area (Å²) in [6.07, 6.45) is 0. The fraction of sp³-hybridized carbons (Fsp3) is 0.455. The first kappa shape index (κ1) is 12.7. The Kier molecular flexibility index (Phi) is 3.93. The van der Waals surface area contributed by atoms with Gasteiger partial charge in [-0.05, 0) is 45.4 Å². The van der Waals surface area contributed by atoms with Gasteiger partial charge in [-0.2, -0.15) is 0 Å². The van der Waals surface area contributed by atoms with Gasteiger partial charge in [0.2, 0.25) is 0 Å². The predicted molar refractivity (Wildman–Crippen MR) is 65.5 cm³/mol. The van der Waals surface area contributed by atoms with Crippen molar-refractivity contribution in [1.82, 2.24) is 4.72 Å². The zero-order valence-corrected chi connectivity index (χ0v) is 11.0. The van der Waals surface area contributed by atoms with Gasteiger partial charge in [-0.25, -0.2) is 8.93 Å². The number of rotatable bonds is 2. The van der Waals surface area contributed by atoms with E-state index in [0.717, 1.165) is 5.56 Å². The monoisotopic (exact) mass is 245 g/mol. The van der Waals surface area contributed by atoms with Crippen LogP contribution in [-0.2, 0) is 11.0 Å². The van der Waals surface area contributed by atoms with E-state index in [4.69, 9.17) is 11.6 Å². The van der Waals surface area contributed by atoms with Crippen LogP contribution in [0.25, 0.3) is 0 Å². The maximum atomic E-state index is 11.9. The van der Waals surface area contributed by atoms with Crippen LogP contribution < -0.4 is 4.72 Å². The van der Waals surface area contributed by atoms with E-state index in [0.29, 0.717) is 9.92 Å². The van der Waals surface area contributed by atoms with Crippen LogP contribution in [0.2, 0.25) is 5.02 Å². The molecule has 0 aliphatic rings. The summed E-state index contributed by atoms with van der Waals surface area (Å²) < 4.78 is 14.9. The summed E-state index contributed by atoms with van der Waals surface area (Å²) in [5.41, 5.74) is 0.871. The maximum Gasteiger partial charge on any atom is 0.126 e. The number of hydrogen-bond donors (Lipinski definition) is 1. The molecule has 1 atom stereocenters. The molecule has 0 bridgehead atoms. The van der Waals surface area contributed by atoms with Crippen LogP contribution in [0.15, 0.2) is 23.1 Å². The van der Waals surface area contributed by atoms with Crippen molar-refractivity contribution in [3.05, 3.63) is 28.8 Å². The van der Waals surface area contributed by atoms with Crippen LogP contribution in [0.1, 0.15) is 26.3 Å². The Balaban J connectivity index is 2.92. The molecule has 1 unspecified atom stereocenters. The average molecular weight is 246 g/mol. The van der Waals surface area contributed by atoms with Gasteiger partial charge in [0, 0.05) is 5.54 Å². The van der Waals surface area contributed by atoms with E-state index in [1.807, 2.05) is 39.8 Å². The zero-order valence-electron chi connectivity index (χ0n) is 9.43. The van der Waals surface area contributed by atoms with Gasteiger partial charge in [-0.15, -0.1) is 0 Å². The van der Waals surface area contributed by atoms with Gasteiger partial charge in [0.1, 0.15) is 11.0 Å². The molecule has 4 heteroatoms. The quantitative estimate of drug-likeness (QED) is 0.853. The molecule has 2 nitrogen and oxygen atoms in total. The molecule has 0 aromatic heterocycles. The summed E-state index contributed by atoms with van der Waals surface area (Å²) in [4.78, 5) is 0.636. The van der Waals surface area contributed by atoms with Crippen molar-refractivity contribution in [3.63, 3.8) is 0 Å². The van der Waals surface area contributed by atoms with Gasteiger partial charge in [0.25, 0.3) is 0 Å². The maximum absolute atomic E-state index is 11.9. The summed E-state index contributed by atoms with van der Waals surface area (Å²) in [7, 11) is -1.25. The van der Waals surface area contributed by atoms with Gasteiger partial charge in [-0.3, -0.25) is 0 Å². The van der Waals surface area contributed by atoms with Crippen LogP contribution in [0.4, 0.5) is 0 Å². The van der Waals surface area contributed by atoms with Crippen molar-refractivity contribution >= 4 is 22.6 Å². The van der Waals surface area contributed by atoms with Gasteiger partial charge < -0.3 is 0 Å². The molecule has 84 valence electrons. The second-order valence-electron chi connectivity index (χ2n) is 4.55. The Morgan fingerprint density at radius 2 is 1.93 bits per heavy atom. The normalized spacial score (nSPS) is 13.9. The Morgan fingerprint density at radius 3 is 2.40 bits per heavy atom.